The molecule has 0 atom stereocenters. The molecule has 1 aromatic carbocycles. The summed E-state index contributed by atoms with van der Waals surface area (Å²) in [6.45, 7) is 3.74. The number of benzene rings is 1. The molecule has 27 heavy (non-hydrogen) atoms. The maximum Gasteiger partial charge on any atom is 0.230 e. The van der Waals surface area contributed by atoms with Gasteiger partial charge in [0.05, 0.1) is 11.4 Å². The highest BCUT2D eigenvalue weighted by Crippen LogP contribution is 2.24. The monoisotopic (exact) mass is 387 g/mol. The van der Waals surface area contributed by atoms with Crippen LogP contribution in [0.5, 0.6) is 0 Å². The molecule has 0 saturated heterocycles. The smallest absolute Gasteiger partial charge is 0.230 e. The summed E-state index contributed by atoms with van der Waals surface area (Å²) in [6, 6.07) is 7.72. The topological polar surface area (TPSA) is 88.9 Å². The van der Waals surface area contributed by atoms with Gasteiger partial charge in [-0.3, -0.25) is 14.2 Å². The highest BCUT2D eigenvalue weighted by atomic mass is 32.2. The van der Waals surface area contributed by atoms with E-state index in [1.165, 1.54) is 31.5 Å². The summed E-state index contributed by atoms with van der Waals surface area (Å²) in [5.74, 6) is 0.968. The number of nitrogens with one attached hydrogen (secondary N) is 2. The molecular formula is C19H25N5O2S. The van der Waals surface area contributed by atoms with Gasteiger partial charge in [0.2, 0.25) is 11.8 Å². The average molecular weight is 388 g/mol. The Bertz CT molecular complexity index is 799. The fourth-order valence-corrected chi connectivity index (χ4v) is 3.98. The molecule has 7 nitrogen and oxygen atoms in total. The largest absolute Gasteiger partial charge is 0.353 e. The van der Waals surface area contributed by atoms with Crippen LogP contribution in [-0.4, -0.2) is 38.4 Å². The fraction of sp³-hybridized carbons (Fsp3) is 0.474. The molecule has 1 fully saturated rings. The Morgan fingerprint density at radius 3 is 2.78 bits per heavy atom. The molecule has 0 bridgehead atoms. The Morgan fingerprint density at radius 2 is 2.04 bits per heavy atom. The van der Waals surface area contributed by atoms with E-state index in [1.807, 2.05) is 28.8 Å². The molecule has 1 saturated carbocycles. The van der Waals surface area contributed by atoms with Crippen molar-refractivity contribution in [3.63, 3.8) is 0 Å². The highest BCUT2D eigenvalue weighted by molar-refractivity contribution is 7.99. The van der Waals surface area contributed by atoms with Gasteiger partial charge in [0, 0.05) is 18.7 Å². The predicted octanol–water partition coefficient (Wildman–Crippen LogP) is 3.01. The molecule has 2 N–H and O–H groups in total. The number of nitrogens with zero attached hydrogens (tertiary/aromatic N) is 3. The summed E-state index contributed by atoms with van der Waals surface area (Å²) < 4.78 is 1.81. The number of hydrogen-bond acceptors (Lipinski definition) is 5. The first-order valence-corrected chi connectivity index (χ1v) is 10.2. The van der Waals surface area contributed by atoms with Crippen molar-refractivity contribution in [1.29, 1.82) is 0 Å². The Balaban J connectivity index is 1.59. The molecule has 1 aromatic heterocycles. The molecule has 0 unspecified atom stereocenters. The molecule has 0 aliphatic heterocycles. The van der Waals surface area contributed by atoms with Crippen LogP contribution in [0, 0.1) is 5.92 Å². The van der Waals surface area contributed by atoms with Gasteiger partial charge in [-0.2, -0.15) is 0 Å². The number of amides is 2. The second-order valence-electron chi connectivity index (χ2n) is 7.03. The molecular weight excluding hydrogens is 362 g/mol. The Hall–Kier alpha value is -2.35. The van der Waals surface area contributed by atoms with E-state index in [0.29, 0.717) is 22.6 Å². The van der Waals surface area contributed by atoms with E-state index in [4.69, 9.17) is 0 Å². The minimum atomic E-state index is -0.126. The standard InChI is InChI=1S/C19H25N5O2S/c1-13-6-8-15(9-7-13)22-18(26)11-27-19-23-20-12-24(19)17-5-3-4-16(10-17)21-14(2)25/h3-5,10,12-13,15H,6-9,11H2,1-2H3,(H,21,25)(H,22,26). The van der Waals surface area contributed by atoms with Crippen molar-refractivity contribution in [1.82, 2.24) is 20.1 Å². The number of aromatic nitrogens is 3. The second-order valence-corrected chi connectivity index (χ2v) is 7.97. The van der Waals surface area contributed by atoms with Gasteiger partial charge < -0.3 is 10.6 Å². The molecule has 144 valence electrons. The van der Waals surface area contributed by atoms with Gasteiger partial charge in [0.15, 0.2) is 5.16 Å². The molecule has 3 rings (SSSR count). The zero-order valence-corrected chi connectivity index (χ0v) is 16.5. The van der Waals surface area contributed by atoms with E-state index < -0.39 is 0 Å². The van der Waals surface area contributed by atoms with Gasteiger partial charge >= 0.3 is 0 Å². The van der Waals surface area contributed by atoms with E-state index in [9.17, 15) is 9.59 Å². The van der Waals surface area contributed by atoms with Gasteiger partial charge in [0.25, 0.3) is 0 Å². The first kappa shape index (κ1) is 19.4. The number of carbonyl (C=O) groups is 2. The molecule has 1 aliphatic rings. The lowest BCUT2D eigenvalue weighted by molar-refractivity contribution is -0.119. The van der Waals surface area contributed by atoms with Crippen molar-refractivity contribution in [2.75, 3.05) is 11.1 Å². The number of carbonyl (C=O) groups excluding carboxylic acids is 2. The van der Waals surface area contributed by atoms with Crippen LogP contribution in [0.15, 0.2) is 35.7 Å². The van der Waals surface area contributed by atoms with Crippen LogP contribution in [0.25, 0.3) is 5.69 Å². The van der Waals surface area contributed by atoms with Crippen LogP contribution >= 0.6 is 11.8 Å². The zero-order chi connectivity index (χ0) is 19.2. The quantitative estimate of drug-likeness (QED) is 0.744. The Morgan fingerprint density at radius 1 is 1.26 bits per heavy atom. The number of hydrogen-bond donors (Lipinski definition) is 2. The van der Waals surface area contributed by atoms with Gasteiger partial charge in [-0.05, 0) is 49.8 Å². The third kappa shape index (κ3) is 5.56. The summed E-state index contributed by atoms with van der Waals surface area (Å²) in [4.78, 5) is 23.5. The van der Waals surface area contributed by atoms with Crippen molar-refractivity contribution < 1.29 is 9.59 Å². The molecule has 1 heterocycles. The number of thioether (sulfide) groups is 1. The maximum atomic E-state index is 12.3. The third-order valence-electron chi connectivity index (χ3n) is 4.67. The van der Waals surface area contributed by atoms with Gasteiger partial charge in [-0.1, -0.05) is 24.8 Å². The van der Waals surface area contributed by atoms with E-state index in [0.717, 1.165) is 24.4 Å². The molecule has 2 aromatic rings. The molecule has 2 amide bonds. The maximum absolute atomic E-state index is 12.3. The third-order valence-corrected chi connectivity index (χ3v) is 5.62. The number of rotatable bonds is 6. The van der Waals surface area contributed by atoms with Crippen LogP contribution < -0.4 is 10.6 Å². The van der Waals surface area contributed by atoms with E-state index >= 15 is 0 Å². The summed E-state index contributed by atoms with van der Waals surface area (Å²) in [7, 11) is 0. The normalized spacial score (nSPS) is 19.5. The SMILES string of the molecule is CC(=O)Nc1cccc(-n2cnnc2SCC(=O)NC2CCC(C)CC2)c1. The molecule has 1 aliphatic carbocycles. The van der Waals surface area contributed by atoms with Crippen molar-refractivity contribution in [2.45, 2.75) is 50.7 Å². The zero-order valence-electron chi connectivity index (χ0n) is 15.6. The molecule has 8 heteroatoms. The van der Waals surface area contributed by atoms with Crippen molar-refractivity contribution >= 4 is 29.3 Å². The lowest BCUT2D eigenvalue weighted by atomic mass is 9.87. The van der Waals surface area contributed by atoms with Crippen LogP contribution in [0.3, 0.4) is 0 Å². The summed E-state index contributed by atoms with van der Waals surface area (Å²) >= 11 is 1.36. The minimum Gasteiger partial charge on any atom is -0.353 e. The number of anilines is 1. The predicted molar refractivity (Wildman–Crippen MR) is 106 cm³/mol. The van der Waals surface area contributed by atoms with Crippen LogP contribution in [-0.2, 0) is 9.59 Å². The van der Waals surface area contributed by atoms with Crippen molar-refractivity contribution in [3.05, 3.63) is 30.6 Å². The summed E-state index contributed by atoms with van der Waals surface area (Å²) in [5.41, 5.74) is 1.53. The van der Waals surface area contributed by atoms with E-state index in [1.54, 1.807) is 6.33 Å². The van der Waals surface area contributed by atoms with Crippen molar-refractivity contribution in [2.24, 2.45) is 5.92 Å². The molecule has 0 radical (unpaired) electrons. The van der Waals surface area contributed by atoms with Crippen LogP contribution in [0.2, 0.25) is 0 Å². The lowest BCUT2D eigenvalue weighted by Gasteiger charge is -2.26. The average Bonchev–Trinajstić information content (AvgIpc) is 3.10. The summed E-state index contributed by atoms with van der Waals surface area (Å²) in [6.07, 6.45) is 6.08. The summed E-state index contributed by atoms with van der Waals surface area (Å²) in [5, 5.41) is 14.6. The van der Waals surface area contributed by atoms with E-state index in [2.05, 4.69) is 27.8 Å². The Labute approximate surface area is 163 Å². The van der Waals surface area contributed by atoms with E-state index in [-0.39, 0.29) is 11.8 Å². The van der Waals surface area contributed by atoms with Gasteiger partial charge in [0.1, 0.15) is 6.33 Å². The molecule has 0 spiro atoms. The first-order chi connectivity index (χ1) is 13.0. The fourth-order valence-electron chi connectivity index (χ4n) is 3.24. The van der Waals surface area contributed by atoms with Crippen LogP contribution in [0.1, 0.15) is 39.5 Å². The minimum absolute atomic E-state index is 0.0288. The van der Waals surface area contributed by atoms with Gasteiger partial charge in [-0.25, -0.2) is 0 Å². The first-order valence-electron chi connectivity index (χ1n) is 9.21. The van der Waals surface area contributed by atoms with Crippen molar-refractivity contribution in [3.8, 4) is 5.69 Å². The Kier molecular flexibility index (Phi) is 6.49. The second kappa shape index (κ2) is 9.03. The lowest BCUT2D eigenvalue weighted by Crippen LogP contribution is -2.38. The van der Waals surface area contributed by atoms with Gasteiger partial charge in [-0.15, -0.1) is 10.2 Å². The highest BCUT2D eigenvalue weighted by Gasteiger charge is 2.20. The van der Waals surface area contributed by atoms with Crippen LogP contribution in [0.4, 0.5) is 5.69 Å².